The predicted molar refractivity (Wildman–Crippen MR) is 93.2 cm³/mol. The van der Waals surface area contributed by atoms with Gasteiger partial charge < -0.3 is 15.2 Å². The minimum Gasteiger partial charge on any atom is -0.496 e. The van der Waals surface area contributed by atoms with Crippen molar-refractivity contribution >= 4 is 15.9 Å². The van der Waals surface area contributed by atoms with Gasteiger partial charge in [0, 0.05) is 25.2 Å². The number of nitrogens with one attached hydrogen (secondary N) is 1. The summed E-state index contributed by atoms with van der Waals surface area (Å²) in [5, 5.41) is 0. The molecule has 1 heterocycles. The molecule has 1 aromatic rings. The van der Waals surface area contributed by atoms with Crippen molar-refractivity contribution in [2.24, 2.45) is 5.73 Å². The third-order valence-corrected chi connectivity index (χ3v) is 5.71. The number of carbonyl (C=O) groups is 1. The van der Waals surface area contributed by atoms with Gasteiger partial charge >= 0.3 is 0 Å². The fourth-order valence-corrected chi connectivity index (χ4v) is 3.91. The molecule has 1 aliphatic heterocycles. The van der Waals surface area contributed by atoms with Crippen LogP contribution in [0.1, 0.15) is 24.2 Å². The van der Waals surface area contributed by atoms with E-state index in [1.165, 1.54) is 25.3 Å². The van der Waals surface area contributed by atoms with Crippen molar-refractivity contribution in [3.8, 4) is 5.75 Å². The lowest BCUT2D eigenvalue weighted by molar-refractivity contribution is -0.00803. The molecule has 3 N–H and O–H groups in total. The molecule has 2 rings (SSSR count). The van der Waals surface area contributed by atoms with Crippen LogP contribution in [-0.4, -0.2) is 64.7 Å². The van der Waals surface area contributed by atoms with Gasteiger partial charge in [-0.2, -0.15) is 0 Å². The lowest BCUT2D eigenvalue weighted by atomic mass is 10.0. The topological polar surface area (TPSA) is 111 Å². The van der Waals surface area contributed by atoms with Crippen LogP contribution in [0.4, 0.5) is 0 Å². The van der Waals surface area contributed by atoms with Crippen molar-refractivity contribution < 1.29 is 22.7 Å². The Bertz CT molecular complexity index is 727. The first kappa shape index (κ1) is 19.6. The van der Waals surface area contributed by atoms with Gasteiger partial charge in [-0.15, -0.1) is 0 Å². The molecule has 0 unspecified atom stereocenters. The van der Waals surface area contributed by atoms with Crippen LogP contribution in [-0.2, 0) is 14.8 Å². The van der Waals surface area contributed by atoms with Crippen LogP contribution in [0.5, 0.6) is 5.75 Å². The third-order valence-electron chi connectivity index (χ3n) is 4.31. The molecule has 1 fully saturated rings. The molecule has 1 aromatic carbocycles. The second kappa shape index (κ2) is 7.69. The lowest BCUT2D eigenvalue weighted by Crippen LogP contribution is -2.55. The Labute approximate surface area is 148 Å². The van der Waals surface area contributed by atoms with Crippen LogP contribution >= 0.6 is 0 Å². The van der Waals surface area contributed by atoms with Gasteiger partial charge in [0.1, 0.15) is 5.75 Å². The minimum absolute atomic E-state index is 0.0258. The van der Waals surface area contributed by atoms with Crippen molar-refractivity contribution in [2.45, 2.75) is 24.3 Å². The second-order valence-corrected chi connectivity index (χ2v) is 8.23. The monoisotopic (exact) mass is 371 g/mol. The Kier molecular flexibility index (Phi) is 6.04. The van der Waals surface area contributed by atoms with Gasteiger partial charge in [0.2, 0.25) is 10.0 Å². The number of methoxy groups -OCH3 is 1. The third kappa shape index (κ3) is 4.69. The Morgan fingerprint density at radius 2 is 2.00 bits per heavy atom. The van der Waals surface area contributed by atoms with Gasteiger partial charge in [-0.25, -0.2) is 13.1 Å². The van der Waals surface area contributed by atoms with E-state index in [9.17, 15) is 13.2 Å². The number of amides is 1. The molecular weight excluding hydrogens is 346 g/mol. The van der Waals surface area contributed by atoms with Gasteiger partial charge in [0.25, 0.3) is 5.91 Å². The summed E-state index contributed by atoms with van der Waals surface area (Å²) in [4.78, 5) is 13.6. The maximum Gasteiger partial charge on any atom is 0.252 e. The van der Waals surface area contributed by atoms with E-state index >= 15 is 0 Å². The Morgan fingerprint density at radius 1 is 1.36 bits per heavy atom. The number of rotatable bonds is 7. The average molecular weight is 371 g/mol. The van der Waals surface area contributed by atoms with Crippen LogP contribution < -0.4 is 15.2 Å². The number of morpholine rings is 1. The molecule has 0 spiro atoms. The van der Waals surface area contributed by atoms with Crippen molar-refractivity contribution in [3.63, 3.8) is 0 Å². The highest BCUT2D eigenvalue weighted by atomic mass is 32.2. The quantitative estimate of drug-likeness (QED) is 0.707. The molecule has 0 atom stereocenters. The van der Waals surface area contributed by atoms with Crippen molar-refractivity contribution in [3.05, 3.63) is 23.8 Å². The standard InChI is InChI=1S/C16H25N3O5S/c1-16(2,19-6-8-24-9-7-19)11-18-25(21,22)12-4-5-14(23-3)13(10-12)15(17)20/h4-5,10,18H,6-9,11H2,1-3H3,(H2,17,20). The predicted octanol–water partition coefficient (Wildman–Crippen LogP) is 0.183. The van der Waals surface area contributed by atoms with Gasteiger partial charge in [0.15, 0.2) is 0 Å². The Morgan fingerprint density at radius 3 is 2.56 bits per heavy atom. The van der Waals surface area contributed by atoms with Gasteiger partial charge in [-0.05, 0) is 32.0 Å². The lowest BCUT2D eigenvalue weighted by Gasteiger charge is -2.40. The highest BCUT2D eigenvalue weighted by Crippen LogP contribution is 2.23. The Hall–Kier alpha value is -1.68. The molecule has 25 heavy (non-hydrogen) atoms. The van der Waals surface area contributed by atoms with E-state index in [1.54, 1.807) is 0 Å². The van der Waals surface area contributed by atoms with Crippen LogP contribution in [0.2, 0.25) is 0 Å². The zero-order valence-electron chi connectivity index (χ0n) is 14.7. The summed E-state index contributed by atoms with van der Waals surface area (Å²) in [6.45, 7) is 6.96. The first-order valence-corrected chi connectivity index (χ1v) is 9.46. The molecule has 1 saturated heterocycles. The summed E-state index contributed by atoms with van der Waals surface area (Å²) in [5.41, 5.74) is 4.95. The summed E-state index contributed by atoms with van der Waals surface area (Å²) < 4.78 is 38.2. The number of sulfonamides is 1. The molecular formula is C16H25N3O5S. The van der Waals surface area contributed by atoms with E-state index in [4.69, 9.17) is 15.2 Å². The van der Waals surface area contributed by atoms with E-state index in [0.717, 1.165) is 13.1 Å². The zero-order valence-corrected chi connectivity index (χ0v) is 15.6. The number of nitrogens with two attached hydrogens (primary N) is 1. The number of benzene rings is 1. The SMILES string of the molecule is COc1ccc(S(=O)(=O)NCC(C)(C)N2CCOCC2)cc1C(N)=O. The normalized spacial score (nSPS) is 16.6. The molecule has 0 bridgehead atoms. The molecule has 9 heteroatoms. The maximum absolute atomic E-state index is 12.6. The molecule has 0 aromatic heterocycles. The van der Waals surface area contributed by atoms with E-state index < -0.39 is 15.9 Å². The number of hydrogen-bond donors (Lipinski definition) is 2. The van der Waals surface area contributed by atoms with Gasteiger partial charge in [0.05, 0.1) is 30.8 Å². The van der Waals surface area contributed by atoms with E-state index in [1.807, 2.05) is 13.8 Å². The molecule has 1 aliphatic rings. The molecule has 1 amide bonds. The summed E-state index contributed by atoms with van der Waals surface area (Å²) in [7, 11) is -2.40. The Balaban J connectivity index is 2.16. The summed E-state index contributed by atoms with van der Waals surface area (Å²) in [6.07, 6.45) is 0. The summed E-state index contributed by atoms with van der Waals surface area (Å²) in [6, 6.07) is 4.03. The van der Waals surface area contributed by atoms with Gasteiger partial charge in [-0.3, -0.25) is 9.69 Å². The number of primary amides is 1. The van der Waals surface area contributed by atoms with Gasteiger partial charge in [-0.1, -0.05) is 0 Å². The summed E-state index contributed by atoms with van der Waals surface area (Å²) >= 11 is 0. The maximum atomic E-state index is 12.6. The average Bonchev–Trinajstić information content (AvgIpc) is 2.60. The van der Waals surface area contributed by atoms with E-state index in [2.05, 4.69) is 9.62 Å². The largest absolute Gasteiger partial charge is 0.496 e. The van der Waals surface area contributed by atoms with Crippen molar-refractivity contribution in [1.29, 1.82) is 0 Å². The molecule has 0 saturated carbocycles. The van der Waals surface area contributed by atoms with Crippen LogP contribution in [0.15, 0.2) is 23.1 Å². The number of carbonyl (C=O) groups excluding carboxylic acids is 1. The van der Waals surface area contributed by atoms with Crippen molar-refractivity contribution in [2.75, 3.05) is 40.0 Å². The number of ether oxygens (including phenoxy) is 2. The van der Waals surface area contributed by atoms with Crippen LogP contribution in [0.3, 0.4) is 0 Å². The number of hydrogen-bond acceptors (Lipinski definition) is 6. The highest BCUT2D eigenvalue weighted by Gasteiger charge is 2.30. The van der Waals surface area contributed by atoms with E-state index in [-0.39, 0.29) is 28.3 Å². The molecule has 140 valence electrons. The molecule has 0 radical (unpaired) electrons. The first-order chi connectivity index (χ1) is 11.7. The smallest absolute Gasteiger partial charge is 0.252 e. The molecule has 8 nitrogen and oxygen atoms in total. The van der Waals surface area contributed by atoms with Crippen LogP contribution in [0, 0.1) is 0 Å². The first-order valence-electron chi connectivity index (χ1n) is 7.98. The fourth-order valence-electron chi connectivity index (χ4n) is 2.68. The molecule has 0 aliphatic carbocycles. The summed E-state index contributed by atoms with van der Waals surface area (Å²) in [5.74, 6) is -0.511. The van der Waals surface area contributed by atoms with E-state index in [0.29, 0.717) is 13.2 Å². The number of nitrogens with zero attached hydrogens (tertiary/aromatic N) is 1. The van der Waals surface area contributed by atoms with Crippen molar-refractivity contribution in [1.82, 2.24) is 9.62 Å². The fraction of sp³-hybridized carbons (Fsp3) is 0.562. The van der Waals surface area contributed by atoms with Crippen LogP contribution in [0.25, 0.3) is 0 Å². The highest BCUT2D eigenvalue weighted by molar-refractivity contribution is 7.89. The minimum atomic E-state index is -3.78. The second-order valence-electron chi connectivity index (χ2n) is 6.46. The zero-order chi connectivity index (χ0) is 18.7.